The molecule has 2 atom stereocenters. The van der Waals surface area contributed by atoms with Crippen LogP contribution in [0.4, 0.5) is 0 Å². The van der Waals surface area contributed by atoms with Crippen LogP contribution >= 0.6 is 17.9 Å². The van der Waals surface area contributed by atoms with Gasteiger partial charge in [0, 0.05) is 0 Å². The summed E-state index contributed by atoms with van der Waals surface area (Å²) in [4.78, 5) is 31.4. The minimum atomic E-state index is -3.05. The van der Waals surface area contributed by atoms with E-state index in [1.807, 2.05) is 0 Å². The van der Waals surface area contributed by atoms with Gasteiger partial charge in [0.05, 0.1) is 33.9 Å². The van der Waals surface area contributed by atoms with Gasteiger partial charge in [-0.2, -0.15) is 0 Å². The first-order valence-corrected chi connectivity index (χ1v) is 8.59. The molecule has 0 spiro atoms. The quantitative estimate of drug-likeness (QED) is 0.285. The molecule has 0 aromatic rings. The molecule has 0 aromatic heterocycles. The molecule has 0 radical (unpaired) electrons. The Kier molecular flexibility index (Phi) is 8.75. The molecule has 1 unspecified atom stereocenters. The van der Waals surface area contributed by atoms with Gasteiger partial charge < -0.3 is 23.6 Å². The number of esters is 2. The molecule has 0 aromatic carbocycles. The van der Waals surface area contributed by atoms with E-state index in [1.54, 1.807) is 0 Å². The average Bonchev–Trinajstić information content (AvgIpc) is 2.30. The smallest absolute Gasteiger partial charge is 0.335 e. The van der Waals surface area contributed by atoms with Crippen LogP contribution in [0.5, 0.6) is 0 Å². The van der Waals surface area contributed by atoms with E-state index >= 15 is 0 Å². The van der Waals surface area contributed by atoms with Crippen molar-refractivity contribution in [3.63, 3.8) is 0 Å². The van der Waals surface area contributed by atoms with Gasteiger partial charge in [0.25, 0.3) is 0 Å². The largest absolute Gasteiger partial charge is 0.469 e. The average molecular weight is 318 g/mol. The highest BCUT2D eigenvalue weighted by Crippen LogP contribution is 2.46. The van der Waals surface area contributed by atoms with Crippen molar-refractivity contribution >= 4 is 41.7 Å². The van der Waals surface area contributed by atoms with Crippen LogP contribution in [-0.4, -0.2) is 50.4 Å². The molecule has 0 fully saturated rings. The normalized spacial score (nSPS) is 15.6. The Bertz CT molecular complexity index is 329. The Morgan fingerprint density at radius 2 is 1.94 bits per heavy atom. The highest BCUT2D eigenvalue weighted by molar-refractivity contribution is 8.59. The minimum Gasteiger partial charge on any atom is -0.469 e. The summed E-state index contributed by atoms with van der Waals surface area (Å²) >= 11 is 8.16. The van der Waals surface area contributed by atoms with Crippen molar-refractivity contribution in [2.75, 3.05) is 27.4 Å². The maximum atomic E-state index is 11.3. The molecular weight excluding hydrogens is 303 g/mol. The molecule has 7 nitrogen and oxygen atoms in total. The van der Waals surface area contributed by atoms with Gasteiger partial charge in [0.1, 0.15) is 0 Å². The van der Waals surface area contributed by atoms with Crippen molar-refractivity contribution in [2.24, 2.45) is 0 Å². The van der Waals surface area contributed by atoms with Crippen LogP contribution in [0.15, 0.2) is 0 Å². The molecule has 10 heteroatoms. The molecule has 0 rings (SSSR count). The zero-order valence-electron chi connectivity index (χ0n) is 9.90. The molecule has 0 aliphatic carbocycles. The van der Waals surface area contributed by atoms with Crippen molar-refractivity contribution in [1.82, 2.24) is 0 Å². The fourth-order valence-corrected chi connectivity index (χ4v) is 1.70. The lowest BCUT2D eigenvalue weighted by molar-refractivity contribution is -0.161. The van der Waals surface area contributed by atoms with Crippen LogP contribution in [0.2, 0.25) is 0 Å². The second-order valence-corrected chi connectivity index (χ2v) is 8.15. The molecule has 0 saturated carbocycles. The molecule has 106 valence electrons. The Labute approximate surface area is 115 Å². The lowest BCUT2D eigenvalue weighted by Crippen LogP contribution is -2.30. The second kappa shape index (κ2) is 8.84. The number of thiol groups is 1. The second-order valence-electron chi connectivity index (χ2n) is 2.99. The predicted molar refractivity (Wildman–Crippen MR) is 69.8 cm³/mol. The highest BCUT2D eigenvalue weighted by atomic mass is 32.9. The summed E-state index contributed by atoms with van der Waals surface area (Å²) in [6.45, 7) is -0.0950. The van der Waals surface area contributed by atoms with Crippen molar-refractivity contribution < 1.29 is 33.2 Å². The molecule has 18 heavy (non-hydrogen) atoms. The third kappa shape index (κ3) is 8.84. The van der Waals surface area contributed by atoms with Gasteiger partial charge in [0.15, 0.2) is 6.10 Å². The maximum Gasteiger partial charge on any atom is 0.335 e. The fourth-order valence-electron chi connectivity index (χ4n) is 0.923. The highest BCUT2D eigenvalue weighted by Gasteiger charge is 2.24. The van der Waals surface area contributed by atoms with E-state index in [-0.39, 0.29) is 19.6 Å². The van der Waals surface area contributed by atoms with E-state index < -0.39 is 23.7 Å². The van der Waals surface area contributed by atoms with Crippen molar-refractivity contribution in [1.29, 1.82) is 0 Å². The van der Waals surface area contributed by atoms with Gasteiger partial charge in [-0.1, -0.05) is 12.2 Å². The molecule has 0 amide bonds. The number of carbonyl (C=O) groups excluding carboxylic acids is 2. The van der Waals surface area contributed by atoms with Gasteiger partial charge >= 0.3 is 11.9 Å². The maximum absolute atomic E-state index is 11.3. The standard InChI is InChI=1S/C8H15O7PS2/c1-12-7(9)5-6(8(10)13-2)14-3-4-15-16(11,17)18/h6H,3-5H2,1-2H3,(H2,11,17,18)/t6-/m0/s1. The van der Waals surface area contributed by atoms with Crippen LogP contribution in [0.25, 0.3) is 0 Å². The van der Waals surface area contributed by atoms with E-state index in [4.69, 9.17) is 14.2 Å². The van der Waals surface area contributed by atoms with E-state index in [0.717, 1.165) is 0 Å². The van der Waals surface area contributed by atoms with E-state index in [0.29, 0.717) is 0 Å². The molecule has 0 heterocycles. The van der Waals surface area contributed by atoms with Crippen LogP contribution in [0, 0.1) is 0 Å². The molecule has 1 N–H and O–H groups in total. The van der Waals surface area contributed by atoms with E-state index in [1.165, 1.54) is 14.2 Å². The van der Waals surface area contributed by atoms with Crippen molar-refractivity contribution in [2.45, 2.75) is 12.5 Å². The molecule has 0 bridgehead atoms. The number of rotatable bonds is 8. The zero-order valence-corrected chi connectivity index (χ0v) is 12.5. The third-order valence-corrected chi connectivity index (χ3v) is 2.89. The topological polar surface area (TPSA) is 91.3 Å². The summed E-state index contributed by atoms with van der Waals surface area (Å²) < 4.78 is 18.7. The van der Waals surface area contributed by atoms with Crippen LogP contribution in [-0.2, 0) is 40.1 Å². The SMILES string of the molecule is COC(=O)C[C@H](OCCOP(O)(=S)S)C(=O)OC. The first kappa shape index (κ1) is 17.8. The number of hydrogen-bond acceptors (Lipinski definition) is 7. The fraction of sp³-hybridized carbons (Fsp3) is 0.750. The zero-order chi connectivity index (χ0) is 14.2. The predicted octanol–water partition coefficient (Wildman–Crippen LogP) is 0.271. The van der Waals surface area contributed by atoms with Gasteiger partial charge in [0.2, 0.25) is 5.69 Å². The van der Waals surface area contributed by atoms with E-state index in [2.05, 4.69) is 33.5 Å². The minimum absolute atomic E-state index is 0.0454. The van der Waals surface area contributed by atoms with E-state index in [9.17, 15) is 9.59 Å². The molecule has 0 saturated heterocycles. The Hall–Kier alpha value is -0.180. The van der Waals surface area contributed by atoms with Gasteiger partial charge in [-0.05, 0) is 11.8 Å². The third-order valence-electron chi connectivity index (χ3n) is 1.71. The van der Waals surface area contributed by atoms with Gasteiger partial charge in [-0.15, -0.1) is 0 Å². The summed E-state index contributed by atoms with van der Waals surface area (Å²) in [5.74, 6) is -1.30. The summed E-state index contributed by atoms with van der Waals surface area (Å²) in [6, 6.07) is 0. The summed E-state index contributed by atoms with van der Waals surface area (Å²) in [6.07, 6.45) is -1.35. The number of hydrogen-bond donors (Lipinski definition) is 2. The van der Waals surface area contributed by atoms with Crippen LogP contribution in [0.1, 0.15) is 6.42 Å². The monoisotopic (exact) mass is 318 g/mol. The molecule has 0 aliphatic rings. The van der Waals surface area contributed by atoms with Crippen molar-refractivity contribution in [3.05, 3.63) is 0 Å². The Morgan fingerprint density at radius 1 is 1.33 bits per heavy atom. The van der Waals surface area contributed by atoms with Crippen molar-refractivity contribution in [3.8, 4) is 0 Å². The number of ether oxygens (including phenoxy) is 3. The lowest BCUT2D eigenvalue weighted by Gasteiger charge is -2.15. The van der Waals surface area contributed by atoms with Crippen LogP contribution in [0.3, 0.4) is 0 Å². The van der Waals surface area contributed by atoms with Gasteiger partial charge in [-0.25, -0.2) is 4.79 Å². The first-order chi connectivity index (χ1) is 8.30. The number of methoxy groups -OCH3 is 2. The first-order valence-electron chi connectivity index (χ1n) is 4.76. The van der Waals surface area contributed by atoms with Crippen LogP contribution < -0.4 is 0 Å². The number of carbonyl (C=O) groups is 2. The Morgan fingerprint density at radius 3 is 2.39 bits per heavy atom. The molecule has 0 aliphatic heterocycles. The summed E-state index contributed by atoms with van der Waals surface area (Å²) in [5, 5.41) is 0. The summed E-state index contributed by atoms with van der Waals surface area (Å²) in [7, 11) is 2.37. The summed E-state index contributed by atoms with van der Waals surface area (Å²) in [5.41, 5.74) is -3.05. The molecular formula is C8H15O7PS2. The Balaban J connectivity index is 4.13. The van der Waals surface area contributed by atoms with Gasteiger partial charge in [-0.3, -0.25) is 4.79 Å². The lowest BCUT2D eigenvalue weighted by atomic mass is 10.2.